The Morgan fingerprint density at radius 1 is 1.15 bits per heavy atom. The van der Waals surface area contributed by atoms with E-state index in [0.29, 0.717) is 58.2 Å². The van der Waals surface area contributed by atoms with E-state index in [0.717, 1.165) is 31.4 Å². The molecule has 2 saturated heterocycles. The fraction of sp³-hybridized carbons (Fsp3) is 0.710. The quantitative estimate of drug-likeness (QED) is 0.324. The second-order valence-corrected chi connectivity index (χ2v) is 12.2. The predicted molar refractivity (Wildman–Crippen MR) is 152 cm³/mol. The first-order valence-corrected chi connectivity index (χ1v) is 15.0. The van der Waals surface area contributed by atoms with Gasteiger partial charge in [-0.25, -0.2) is 4.79 Å². The van der Waals surface area contributed by atoms with Gasteiger partial charge in [0.2, 0.25) is 5.91 Å². The number of nitrogens with zero attached hydrogens (tertiary/aromatic N) is 1. The number of ether oxygens (including phenoxy) is 5. The van der Waals surface area contributed by atoms with Crippen LogP contribution in [0.5, 0.6) is 5.75 Å². The van der Waals surface area contributed by atoms with E-state index in [9.17, 15) is 14.4 Å². The molecule has 1 saturated carbocycles. The van der Waals surface area contributed by atoms with Gasteiger partial charge in [-0.3, -0.25) is 9.59 Å². The van der Waals surface area contributed by atoms with Crippen LogP contribution in [-0.2, 0) is 28.5 Å². The maximum Gasteiger partial charge on any atom is 0.410 e. The first-order valence-electron chi connectivity index (χ1n) is 15.0. The van der Waals surface area contributed by atoms with Gasteiger partial charge in [0, 0.05) is 13.0 Å². The number of likely N-dealkylation sites (tertiary alicyclic amines) is 1. The summed E-state index contributed by atoms with van der Waals surface area (Å²) < 4.78 is 28.8. The normalized spacial score (nSPS) is 26.5. The Bertz CT molecular complexity index is 1050. The van der Waals surface area contributed by atoms with Gasteiger partial charge < -0.3 is 33.9 Å². The summed E-state index contributed by atoms with van der Waals surface area (Å²) in [5.41, 5.74) is -0.105. The van der Waals surface area contributed by atoms with E-state index >= 15 is 0 Å². The topological polar surface area (TPSA) is 113 Å². The summed E-state index contributed by atoms with van der Waals surface area (Å²) in [6.07, 6.45) is 4.90. The summed E-state index contributed by atoms with van der Waals surface area (Å²) in [4.78, 5) is 38.7. The first-order chi connectivity index (χ1) is 19.6. The lowest BCUT2D eigenvalue weighted by atomic mass is 9.82. The van der Waals surface area contributed by atoms with Crippen LogP contribution in [0.3, 0.4) is 0 Å². The molecule has 2 aliphatic heterocycles. The van der Waals surface area contributed by atoms with Gasteiger partial charge in [0.1, 0.15) is 18.0 Å². The number of esters is 1. The molecule has 0 radical (unpaired) electrons. The Morgan fingerprint density at radius 3 is 2.61 bits per heavy atom. The molecule has 2 amide bonds. The summed E-state index contributed by atoms with van der Waals surface area (Å²) >= 11 is 0. The summed E-state index contributed by atoms with van der Waals surface area (Å²) in [6.45, 7) is 9.34. The Labute approximate surface area is 243 Å². The average molecular weight is 575 g/mol. The van der Waals surface area contributed by atoms with E-state index in [4.69, 9.17) is 23.7 Å². The van der Waals surface area contributed by atoms with Gasteiger partial charge in [0.05, 0.1) is 44.1 Å². The van der Waals surface area contributed by atoms with Crippen molar-refractivity contribution in [2.24, 2.45) is 0 Å². The van der Waals surface area contributed by atoms with E-state index in [-0.39, 0.29) is 30.6 Å². The van der Waals surface area contributed by atoms with Crippen molar-refractivity contribution < 1.29 is 38.1 Å². The number of benzene rings is 1. The molecular weight excluding hydrogens is 528 g/mol. The number of morpholine rings is 1. The maximum absolute atomic E-state index is 13.1. The molecule has 0 aromatic heterocycles. The molecule has 10 nitrogen and oxygen atoms in total. The largest absolute Gasteiger partial charge is 0.493 e. The minimum absolute atomic E-state index is 0.0301. The minimum atomic E-state index is -0.674. The second kappa shape index (κ2) is 13.9. The van der Waals surface area contributed by atoms with Crippen molar-refractivity contribution in [1.82, 2.24) is 10.2 Å². The summed E-state index contributed by atoms with van der Waals surface area (Å²) in [6, 6.07) is 7.75. The van der Waals surface area contributed by atoms with Gasteiger partial charge in [-0.1, -0.05) is 18.2 Å². The molecule has 1 spiro atoms. The molecule has 41 heavy (non-hydrogen) atoms. The molecule has 2 atom stereocenters. The van der Waals surface area contributed by atoms with Crippen LogP contribution in [0.25, 0.3) is 0 Å². The number of amides is 2. The molecular formula is C31H46N2O8. The minimum Gasteiger partial charge on any atom is -0.493 e. The average Bonchev–Trinajstić information content (AvgIpc) is 3.26. The standard InChI is InChI=1S/C31H46N2O8/c1-5-38-28(35)11-8-18-39-25-10-7-6-9-24(25)22-12-14-23(15-13-22)40-19-26-31(21-37-20-27(34)32-31)16-17-33(26)29(36)41-30(2,3)4/h6-7,9-10,22-23,26H,5,8,11-21H2,1-4H3,(H,32,34)/t22?,23?,26-,31+/m0/s1. The van der Waals surface area contributed by atoms with E-state index in [1.807, 2.05) is 39.0 Å². The lowest BCUT2D eigenvalue weighted by molar-refractivity contribution is -0.143. The second-order valence-electron chi connectivity index (χ2n) is 12.2. The molecule has 0 bridgehead atoms. The number of nitrogens with one attached hydrogen (secondary N) is 1. The number of hydrogen-bond donors (Lipinski definition) is 1. The third-order valence-electron chi connectivity index (χ3n) is 8.03. The molecule has 2 heterocycles. The van der Waals surface area contributed by atoms with E-state index < -0.39 is 17.2 Å². The van der Waals surface area contributed by atoms with Crippen LogP contribution < -0.4 is 10.1 Å². The SMILES string of the molecule is CCOC(=O)CCCOc1ccccc1C1CCC(OC[C@@H]2N(C(=O)OC(C)(C)C)CC[C@@]23COCC(=O)N3)CC1. The molecule has 3 fully saturated rings. The molecule has 1 aliphatic carbocycles. The number of hydrogen-bond acceptors (Lipinski definition) is 8. The first kappa shape index (κ1) is 31.1. The van der Waals surface area contributed by atoms with Crippen LogP contribution in [0.2, 0.25) is 0 Å². The van der Waals surface area contributed by atoms with Crippen molar-refractivity contribution in [3.05, 3.63) is 29.8 Å². The van der Waals surface area contributed by atoms with Crippen LogP contribution in [-0.4, -0.2) is 85.7 Å². The van der Waals surface area contributed by atoms with E-state index in [2.05, 4.69) is 11.4 Å². The van der Waals surface area contributed by atoms with Gasteiger partial charge >= 0.3 is 12.1 Å². The number of carbonyl (C=O) groups is 3. The molecule has 10 heteroatoms. The maximum atomic E-state index is 13.1. The highest BCUT2D eigenvalue weighted by atomic mass is 16.6. The van der Waals surface area contributed by atoms with E-state index in [1.165, 1.54) is 5.56 Å². The highest BCUT2D eigenvalue weighted by Gasteiger charge is 2.53. The van der Waals surface area contributed by atoms with Crippen LogP contribution in [0.1, 0.15) is 84.1 Å². The molecule has 1 N–H and O–H groups in total. The van der Waals surface area contributed by atoms with Crippen molar-refractivity contribution in [3.63, 3.8) is 0 Å². The van der Waals surface area contributed by atoms with Crippen molar-refractivity contribution in [3.8, 4) is 5.75 Å². The third kappa shape index (κ3) is 8.35. The van der Waals surface area contributed by atoms with Crippen molar-refractivity contribution >= 4 is 18.0 Å². The van der Waals surface area contributed by atoms with Crippen molar-refractivity contribution in [2.75, 3.05) is 39.6 Å². The highest BCUT2D eigenvalue weighted by molar-refractivity contribution is 5.79. The summed E-state index contributed by atoms with van der Waals surface area (Å²) in [5, 5.41) is 3.11. The number of para-hydroxylation sites is 1. The number of rotatable bonds is 10. The van der Waals surface area contributed by atoms with Crippen molar-refractivity contribution in [2.45, 2.75) is 102 Å². The predicted octanol–water partition coefficient (Wildman–Crippen LogP) is 4.35. The smallest absolute Gasteiger partial charge is 0.410 e. The Balaban J connectivity index is 1.32. The van der Waals surface area contributed by atoms with E-state index in [1.54, 1.807) is 11.8 Å². The lowest BCUT2D eigenvalue weighted by Gasteiger charge is -2.41. The molecule has 228 valence electrons. The zero-order chi connectivity index (χ0) is 29.5. The molecule has 3 aliphatic rings. The monoisotopic (exact) mass is 574 g/mol. The molecule has 4 rings (SSSR count). The van der Waals surface area contributed by atoms with Gasteiger partial charge in [-0.2, -0.15) is 0 Å². The Kier molecular flexibility index (Phi) is 10.5. The molecule has 1 aromatic rings. The van der Waals surface area contributed by atoms with Crippen LogP contribution >= 0.6 is 0 Å². The molecule has 0 unspecified atom stereocenters. The van der Waals surface area contributed by atoms with Gasteiger partial charge in [-0.05, 0) is 83.8 Å². The Hall–Kier alpha value is -2.85. The number of carbonyl (C=O) groups excluding carboxylic acids is 3. The summed E-state index contributed by atoms with van der Waals surface area (Å²) in [7, 11) is 0. The van der Waals surface area contributed by atoms with Crippen LogP contribution in [0.4, 0.5) is 4.79 Å². The highest BCUT2D eigenvalue weighted by Crippen LogP contribution is 2.39. The van der Waals surface area contributed by atoms with Crippen molar-refractivity contribution in [1.29, 1.82) is 0 Å². The molecule has 1 aromatic carbocycles. The van der Waals surface area contributed by atoms with Gasteiger partial charge in [0.15, 0.2) is 0 Å². The summed E-state index contributed by atoms with van der Waals surface area (Å²) in [5.74, 6) is 0.862. The van der Waals surface area contributed by atoms with Crippen LogP contribution in [0.15, 0.2) is 24.3 Å². The van der Waals surface area contributed by atoms with Crippen LogP contribution in [0, 0.1) is 0 Å². The lowest BCUT2D eigenvalue weighted by Crippen LogP contribution is -2.65. The van der Waals surface area contributed by atoms with Gasteiger partial charge in [0.25, 0.3) is 0 Å². The van der Waals surface area contributed by atoms with Gasteiger partial charge in [-0.15, -0.1) is 0 Å². The fourth-order valence-corrected chi connectivity index (χ4v) is 6.07. The zero-order valence-electron chi connectivity index (χ0n) is 24.9. The third-order valence-corrected chi connectivity index (χ3v) is 8.03. The Morgan fingerprint density at radius 2 is 1.90 bits per heavy atom. The zero-order valence-corrected chi connectivity index (χ0v) is 24.9. The fourth-order valence-electron chi connectivity index (χ4n) is 6.07.